The molecule has 1 fully saturated rings. The molecule has 0 saturated heterocycles. The number of hydrogen-bond acceptors (Lipinski definition) is 0. The molecule has 0 bridgehead atoms. The molecule has 1 aliphatic rings. The normalized spacial score (nSPS) is 19.5. The molecular weight excluding hydrogens is 206 g/mol. The maximum Gasteiger partial charge on any atom is 0.114 e. The Balaban J connectivity index is 2.02. The Labute approximate surface area is 106 Å². The molecule has 17 heavy (non-hydrogen) atoms. The summed E-state index contributed by atoms with van der Waals surface area (Å²) in [4.78, 5) is 0. The minimum atomic E-state index is 0.638. The maximum absolute atomic E-state index is 2.64. The van der Waals surface area contributed by atoms with Crippen LogP contribution < -0.4 is 5.32 Å². The highest BCUT2D eigenvalue weighted by molar-refractivity contribution is 5.17. The van der Waals surface area contributed by atoms with E-state index in [1.165, 1.54) is 37.7 Å². The second-order valence-corrected chi connectivity index (χ2v) is 5.77. The van der Waals surface area contributed by atoms with E-state index in [4.69, 9.17) is 0 Å². The zero-order valence-electron chi connectivity index (χ0n) is 11.2. The lowest BCUT2D eigenvalue weighted by Gasteiger charge is -2.27. The van der Waals surface area contributed by atoms with E-state index >= 15 is 0 Å². The number of hydrogen-bond donors (Lipinski definition) is 1. The Bertz CT molecular complexity index is 312. The fourth-order valence-electron chi connectivity index (χ4n) is 3.01. The first-order valence-electron chi connectivity index (χ1n) is 7.17. The van der Waals surface area contributed by atoms with Gasteiger partial charge in [-0.2, -0.15) is 0 Å². The molecule has 0 radical (unpaired) electrons. The molecule has 1 atom stereocenters. The smallest absolute Gasteiger partial charge is 0.114 e. The molecule has 2 N–H and O–H groups in total. The maximum atomic E-state index is 2.64. The van der Waals surface area contributed by atoms with E-state index in [9.17, 15) is 0 Å². The first-order valence-corrected chi connectivity index (χ1v) is 7.17. The van der Waals surface area contributed by atoms with E-state index in [1.807, 2.05) is 0 Å². The van der Waals surface area contributed by atoms with Gasteiger partial charge in [-0.3, -0.25) is 0 Å². The van der Waals surface area contributed by atoms with Crippen molar-refractivity contribution in [2.75, 3.05) is 0 Å². The predicted octanol–water partition coefficient (Wildman–Crippen LogP) is 3.28. The summed E-state index contributed by atoms with van der Waals surface area (Å²) in [5, 5.41) is 2.64. The van der Waals surface area contributed by atoms with Gasteiger partial charge in [0.2, 0.25) is 0 Å². The molecule has 0 aliphatic heterocycles. The largest absolute Gasteiger partial charge is 0.337 e. The van der Waals surface area contributed by atoms with Crippen LogP contribution in [0.2, 0.25) is 0 Å². The minimum Gasteiger partial charge on any atom is -0.337 e. The Morgan fingerprint density at radius 1 is 1.00 bits per heavy atom. The van der Waals surface area contributed by atoms with Crippen LogP contribution in [0.4, 0.5) is 0 Å². The van der Waals surface area contributed by atoms with E-state index in [1.54, 1.807) is 0 Å². The van der Waals surface area contributed by atoms with Gasteiger partial charge < -0.3 is 5.32 Å². The highest BCUT2D eigenvalue weighted by Gasteiger charge is 2.24. The lowest BCUT2D eigenvalue weighted by atomic mass is 9.90. The van der Waals surface area contributed by atoms with Crippen LogP contribution in [0.3, 0.4) is 0 Å². The zero-order chi connectivity index (χ0) is 12.1. The van der Waals surface area contributed by atoms with Gasteiger partial charge in [0.15, 0.2) is 0 Å². The first kappa shape index (κ1) is 12.6. The molecule has 0 aromatic heterocycles. The topological polar surface area (TPSA) is 16.6 Å². The van der Waals surface area contributed by atoms with Crippen molar-refractivity contribution in [3.8, 4) is 0 Å². The van der Waals surface area contributed by atoms with Crippen LogP contribution in [0.15, 0.2) is 30.3 Å². The van der Waals surface area contributed by atoms with E-state index in [0.717, 1.165) is 6.04 Å². The summed E-state index contributed by atoms with van der Waals surface area (Å²) >= 11 is 0. The first-order chi connectivity index (χ1) is 8.27. The van der Waals surface area contributed by atoms with Crippen LogP contribution in [0.1, 0.15) is 57.6 Å². The molecule has 1 heteroatoms. The van der Waals surface area contributed by atoms with E-state index < -0.39 is 0 Å². The quantitative estimate of drug-likeness (QED) is 0.820. The van der Waals surface area contributed by atoms with E-state index in [2.05, 4.69) is 49.5 Å². The summed E-state index contributed by atoms with van der Waals surface area (Å²) in [6, 6.07) is 12.5. The summed E-state index contributed by atoms with van der Waals surface area (Å²) in [5.74, 6) is 0.708. The van der Waals surface area contributed by atoms with Crippen LogP contribution in [-0.4, -0.2) is 6.04 Å². The average molecular weight is 232 g/mol. The zero-order valence-corrected chi connectivity index (χ0v) is 11.2. The van der Waals surface area contributed by atoms with Gasteiger partial charge in [-0.1, -0.05) is 50.6 Å². The molecule has 0 spiro atoms. The number of rotatable bonds is 4. The lowest BCUT2D eigenvalue weighted by Crippen LogP contribution is -2.91. The van der Waals surface area contributed by atoms with Crippen molar-refractivity contribution < 1.29 is 5.32 Å². The predicted molar refractivity (Wildman–Crippen MR) is 72.8 cm³/mol. The number of quaternary nitrogens is 1. The summed E-state index contributed by atoms with van der Waals surface area (Å²) in [6.07, 6.45) is 7.13. The molecule has 0 amide bonds. The molecule has 1 aromatic carbocycles. The van der Waals surface area contributed by atoms with Gasteiger partial charge in [0.05, 0.1) is 6.04 Å². The van der Waals surface area contributed by atoms with Crippen molar-refractivity contribution in [3.05, 3.63) is 35.9 Å². The van der Waals surface area contributed by atoms with Crippen LogP contribution in [0, 0.1) is 5.92 Å². The second-order valence-electron chi connectivity index (χ2n) is 5.77. The molecule has 94 valence electrons. The standard InChI is InChI=1S/C16H25N/c1-13(2)16(14-9-5-3-6-10-14)17-15-11-7-4-8-12-15/h3,5-6,9-10,13,15-17H,4,7-8,11-12H2,1-2H3/p+1/t16-/m0/s1. The minimum absolute atomic E-state index is 0.638. The Morgan fingerprint density at radius 3 is 2.24 bits per heavy atom. The van der Waals surface area contributed by atoms with Crippen molar-refractivity contribution >= 4 is 0 Å². The molecule has 2 rings (SSSR count). The van der Waals surface area contributed by atoms with Gasteiger partial charge >= 0.3 is 0 Å². The third-order valence-corrected chi connectivity index (χ3v) is 4.03. The van der Waals surface area contributed by atoms with Crippen molar-refractivity contribution in [2.24, 2.45) is 5.92 Å². The SMILES string of the molecule is CC(C)[C@H]([NH2+]C1CCCCC1)c1ccccc1. The molecule has 1 saturated carbocycles. The molecule has 0 heterocycles. The fourth-order valence-corrected chi connectivity index (χ4v) is 3.01. The third-order valence-electron chi connectivity index (χ3n) is 4.03. The van der Waals surface area contributed by atoms with Gasteiger partial charge in [-0.25, -0.2) is 0 Å². The van der Waals surface area contributed by atoms with Crippen LogP contribution in [-0.2, 0) is 0 Å². The van der Waals surface area contributed by atoms with Gasteiger partial charge in [-0.05, 0) is 25.7 Å². The molecule has 0 unspecified atom stereocenters. The lowest BCUT2D eigenvalue weighted by molar-refractivity contribution is -0.735. The summed E-state index contributed by atoms with van der Waals surface area (Å²) in [7, 11) is 0. The van der Waals surface area contributed by atoms with Gasteiger partial charge in [0.1, 0.15) is 6.04 Å². The average Bonchev–Trinajstić information content (AvgIpc) is 2.38. The number of benzene rings is 1. The van der Waals surface area contributed by atoms with Crippen LogP contribution in [0.25, 0.3) is 0 Å². The molecule has 1 nitrogen and oxygen atoms in total. The molecule has 1 aromatic rings. The highest BCUT2D eigenvalue weighted by Crippen LogP contribution is 2.20. The fraction of sp³-hybridized carbons (Fsp3) is 0.625. The van der Waals surface area contributed by atoms with E-state index in [0.29, 0.717) is 12.0 Å². The van der Waals surface area contributed by atoms with Crippen molar-refractivity contribution in [3.63, 3.8) is 0 Å². The third kappa shape index (κ3) is 3.57. The highest BCUT2D eigenvalue weighted by atomic mass is 15.0. The molecular formula is C16H26N+. The summed E-state index contributed by atoms with van der Waals surface area (Å²) in [5.41, 5.74) is 1.49. The van der Waals surface area contributed by atoms with Gasteiger partial charge in [0, 0.05) is 11.5 Å². The van der Waals surface area contributed by atoms with Gasteiger partial charge in [0.25, 0.3) is 0 Å². The van der Waals surface area contributed by atoms with E-state index in [-0.39, 0.29) is 0 Å². The Kier molecular flexibility index (Phi) is 4.61. The summed E-state index contributed by atoms with van der Waals surface area (Å²) in [6.45, 7) is 4.69. The second kappa shape index (κ2) is 6.20. The van der Waals surface area contributed by atoms with Crippen molar-refractivity contribution in [1.29, 1.82) is 0 Å². The summed E-state index contributed by atoms with van der Waals surface area (Å²) < 4.78 is 0. The Hall–Kier alpha value is -0.820. The van der Waals surface area contributed by atoms with Crippen molar-refractivity contribution in [2.45, 2.75) is 58.0 Å². The number of nitrogens with two attached hydrogens (primary N) is 1. The van der Waals surface area contributed by atoms with Crippen LogP contribution in [0.5, 0.6) is 0 Å². The van der Waals surface area contributed by atoms with Crippen LogP contribution >= 0.6 is 0 Å². The van der Waals surface area contributed by atoms with Gasteiger partial charge in [-0.15, -0.1) is 0 Å². The monoisotopic (exact) mass is 232 g/mol. The Morgan fingerprint density at radius 2 is 1.65 bits per heavy atom. The van der Waals surface area contributed by atoms with Crippen molar-refractivity contribution in [1.82, 2.24) is 0 Å². The molecule has 1 aliphatic carbocycles.